The van der Waals surface area contributed by atoms with Crippen molar-refractivity contribution >= 4 is 11.6 Å². The van der Waals surface area contributed by atoms with Gasteiger partial charge in [-0.25, -0.2) is 0 Å². The summed E-state index contributed by atoms with van der Waals surface area (Å²) >= 11 is 0. The molecule has 0 spiro atoms. The van der Waals surface area contributed by atoms with E-state index in [-0.39, 0.29) is 5.91 Å². The van der Waals surface area contributed by atoms with E-state index < -0.39 is 0 Å². The third-order valence-electron chi connectivity index (χ3n) is 4.28. The van der Waals surface area contributed by atoms with E-state index in [2.05, 4.69) is 56.5 Å². The summed E-state index contributed by atoms with van der Waals surface area (Å²) in [5, 5.41) is 3.03. The summed E-state index contributed by atoms with van der Waals surface area (Å²) in [6, 6.07) is 14.8. The van der Waals surface area contributed by atoms with Crippen molar-refractivity contribution in [3.8, 4) is 0 Å². The Kier molecular flexibility index (Phi) is 6.16. The van der Waals surface area contributed by atoms with Crippen LogP contribution in [0.3, 0.4) is 0 Å². The molecule has 2 aromatic rings. The number of amides is 1. The number of anilines is 1. The monoisotopic (exact) mass is 325 g/mol. The van der Waals surface area contributed by atoms with Gasteiger partial charge in [-0.15, -0.1) is 0 Å². The second-order valence-electron chi connectivity index (χ2n) is 7.07. The van der Waals surface area contributed by atoms with E-state index in [4.69, 9.17) is 0 Å². The summed E-state index contributed by atoms with van der Waals surface area (Å²) in [4.78, 5) is 13.5. The summed E-state index contributed by atoms with van der Waals surface area (Å²) in [5.74, 6) is 0.604. The lowest BCUT2D eigenvalue weighted by Crippen LogP contribution is -3.08. The minimum absolute atomic E-state index is 0.0556. The fourth-order valence-electron chi connectivity index (χ4n) is 2.77. The number of hydrogen-bond acceptors (Lipinski definition) is 1. The third-order valence-corrected chi connectivity index (χ3v) is 4.28. The number of aryl methyl sites for hydroxylation is 2. The first kappa shape index (κ1) is 18.2. The molecule has 0 saturated heterocycles. The lowest BCUT2D eigenvalue weighted by Gasteiger charge is -2.15. The van der Waals surface area contributed by atoms with Crippen LogP contribution in [0.4, 0.5) is 5.69 Å². The fraction of sp³-hybridized carbons (Fsp3) is 0.381. The van der Waals surface area contributed by atoms with Gasteiger partial charge in [0.2, 0.25) is 0 Å². The first-order valence-corrected chi connectivity index (χ1v) is 8.62. The molecule has 128 valence electrons. The van der Waals surface area contributed by atoms with Gasteiger partial charge in [0.15, 0.2) is 6.54 Å². The standard InChI is InChI=1S/C21H28N2O/c1-15(2)19-10-8-18(9-11-19)13-23(5)14-21(24)22-20-12-16(3)6-7-17(20)4/h6-12,15H,13-14H2,1-5H3,(H,22,24)/p+1. The Balaban J connectivity index is 1.90. The second kappa shape index (κ2) is 8.11. The van der Waals surface area contributed by atoms with Crippen LogP contribution in [0.25, 0.3) is 0 Å². The van der Waals surface area contributed by atoms with E-state index in [0.717, 1.165) is 23.4 Å². The molecule has 0 aromatic heterocycles. The van der Waals surface area contributed by atoms with Crippen molar-refractivity contribution < 1.29 is 9.69 Å². The maximum absolute atomic E-state index is 12.3. The molecule has 0 aliphatic heterocycles. The molecule has 3 nitrogen and oxygen atoms in total. The molecule has 0 heterocycles. The van der Waals surface area contributed by atoms with Crippen LogP contribution < -0.4 is 10.2 Å². The Bertz CT molecular complexity index is 689. The van der Waals surface area contributed by atoms with Gasteiger partial charge in [0, 0.05) is 11.3 Å². The lowest BCUT2D eigenvalue weighted by atomic mass is 10.0. The van der Waals surface area contributed by atoms with Crippen LogP contribution in [-0.4, -0.2) is 19.5 Å². The molecule has 2 aromatic carbocycles. The minimum atomic E-state index is 0.0556. The number of quaternary nitrogens is 1. The highest BCUT2D eigenvalue weighted by atomic mass is 16.2. The number of benzene rings is 2. The van der Waals surface area contributed by atoms with Crippen molar-refractivity contribution in [2.24, 2.45) is 0 Å². The van der Waals surface area contributed by atoms with Gasteiger partial charge < -0.3 is 10.2 Å². The van der Waals surface area contributed by atoms with Crippen LogP contribution in [0.15, 0.2) is 42.5 Å². The number of rotatable bonds is 6. The van der Waals surface area contributed by atoms with Gasteiger partial charge in [-0.2, -0.15) is 0 Å². The minimum Gasteiger partial charge on any atom is -0.326 e. The predicted octanol–water partition coefficient (Wildman–Crippen LogP) is 3.08. The summed E-state index contributed by atoms with van der Waals surface area (Å²) < 4.78 is 0. The molecule has 1 unspecified atom stereocenters. The Labute approximate surface area is 145 Å². The highest BCUT2D eigenvalue weighted by Crippen LogP contribution is 2.16. The highest BCUT2D eigenvalue weighted by molar-refractivity contribution is 5.92. The van der Waals surface area contributed by atoms with E-state index in [0.29, 0.717) is 12.5 Å². The molecule has 3 heteroatoms. The van der Waals surface area contributed by atoms with E-state index >= 15 is 0 Å². The topological polar surface area (TPSA) is 33.5 Å². The number of carbonyl (C=O) groups is 1. The zero-order chi connectivity index (χ0) is 17.7. The highest BCUT2D eigenvalue weighted by Gasteiger charge is 2.12. The van der Waals surface area contributed by atoms with E-state index in [1.807, 2.05) is 26.0 Å². The van der Waals surface area contributed by atoms with Gasteiger partial charge in [-0.3, -0.25) is 4.79 Å². The zero-order valence-electron chi connectivity index (χ0n) is 15.4. The van der Waals surface area contributed by atoms with E-state index in [9.17, 15) is 4.79 Å². The predicted molar refractivity (Wildman–Crippen MR) is 101 cm³/mol. The Morgan fingerprint density at radius 1 is 1.08 bits per heavy atom. The summed E-state index contributed by atoms with van der Waals surface area (Å²) in [6.07, 6.45) is 0. The average Bonchev–Trinajstić information content (AvgIpc) is 2.51. The molecular formula is C21H29N2O+. The maximum atomic E-state index is 12.3. The van der Waals surface area contributed by atoms with Gasteiger partial charge in [-0.05, 0) is 42.5 Å². The largest absolute Gasteiger partial charge is 0.326 e. The normalized spacial score (nSPS) is 12.2. The zero-order valence-corrected chi connectivity index (χ0v) is 15.4. The van der Waals surface area contributed by atoms with Gasteiger partial charge in [0.25, 0.3) is 5.91 Å². The summed E-state index contributed by atoms with van der Waals surface area (Å²) in [5.41, 5.74) is 5.77. The van der Waals surface area contributed by atoms with Crippen molar-refractivity contribution in [3.05, 3.63) is 64.7 Å². The van der Waals surface area contributed by atoms with Crippen molar-refractivity contribution in [1.29, 1.82) is 0 Å². The summed E-state index contributed by atoms with van der Waals surface area (Å²) in [7, 11) is 2.05. The van der Waals surface area contributed by atoms with Crippen molar-refractivity contribution in [2.45, 2.75) is 40.2 Å². The maximum Gasteiger partial charge on any atom is 0.279 e. The molecule has 0 saturated carbocycles. The molecule has 0 aliphatic rings. The Hall–Kier alpha value is -2.13. The molecule has 0 radical (unpaired) electrons. The first-order chi connectivity index (χ1) is 11.3. The van der Waals surface area contributed by atoms with Crippen molar-refractivity contribution in [1.82, 2.24) is 0 Å². The second-order valence-corrected chi connectivity index (χ2v) is 7.07. The van der Waals surface area contributed by atoms with Gasteiger partial charge in [0.05, 0.1) is 7.05 Å². The quantitative estimate of drug-likeness (QED) is 0.841. The first-order valence-electron chi connectivity index (χ1n) is 8.62. The number of hydrogen-bond donors (Lipinski definition) is 2. The molecule has 0 aliphatic carbocycles. The van der Waals surface area contributed by atoms with E-state index in [1.54, 1.807) is 0 Å². The number of nitrogens with one attached hydrogen (secondary N) is 2. The van der Waals surface area contributed by atoms with Gasteiger partial charge in [-0.1, -0.05) is 50.2 Å². The Morgan fingerprint density at radius 2 is 1.75 bits per heavy atom. The number of likely N-dealkylation sites (N-methyl/N-ethyl adjacent to an activating group) is 1. The molecular weight excluding hydrogens is 296 g/mol. The Morgan fingerprint density at radius 3 is 2.38 bits per heavy atom. The molecule has 2 N–H and O–H groups in total. The molecule has 1 atom stereocenters. The van der Waals surface area contributed by atoms with E-state index in [1.165, 1.54) is 16.0 Å². The van der Waals surface area contributed by atoms with Gasteiger partial charge in [0.1, 0.15) is 6.54 Å². The summed E-state index contributed by atoms with van der Waals surface area (Å²) in [6.45, 7) is 9.75. The van der Waals surface area contributed by atoms with Crippen molar-refractivity contribution in [3.63, 3.8) is 0 Å². The number of carbonyl (C=O) groups excluding carboxylic acids is 1. The van der Waals surface area contributed by atoms with Crippen molar-refractivity contribution in [2.75, 3.05) is 18.9 Å². The smallest absolute Gasteiger partial charge is 0.279 e. The van der Waals surface area contributed by atoms with Crippen LogP contribution in [0.5, 0.6) is 0 Å². The molecule has 1 amide bonds. The van der Waals surface area contributed by atoms with Crippen LogP contribution in [0.2, 0.25) is 0 Å². The van der Waals surface area contributed by atoms with Crippen LogP contribution in [0.1, 0.15) is 42.0 Å². The molecule has 0 bridgehead atoms. The molecule has 0 fully saturated rings. The van der Waals surface area contributed by atoms with Crippen LogP contribution in [0, 0.1) is 13.8 Å². The lowest BCUT2D eigenvalue weighted by molar-refractivity contribution is -0.885. The van der Waals surface area contributed by atoms with Gasteiger partial charge >= 0.3 is 0 Å². The van der Waals surface area contributed by atoms with Crippen LogP contribution >= 0.6 is 0 Å². The third kappa shape index (κ3) is 5.20. The van der Waals surface area contributed by atoms with Crippen LogP contribution in [-0.2, 0) is 11.3 Å². The average molecular weight is 325 g/mol. The molecule has 24 heavy (non-hydrogen) atoms. The fourth-order valence-corrected chi connectivity index (χ4v) is 2.77. The molecule has 2 rings (SSSR count). The SMILES string of the molecule is Cc1ccc(C)c(NC(=O)C[NH+](C)Cc2ccc(C(C)C)cc2)c1.